The van der Waals surface area contributed by atoms with E-state index in [0.717, 1.165) is 51.4 Å². The first-order valence-corrected chi connectivity index (χ1v) is 23.0. The van der Waals surface area contributed by atoms with Crippen LogP contribution in [0.2, 0.25) is 0 Å². The Hall–Kier alpha value is -2.23. The predicted octanol–water partition coefficient (Wildman–Crippen LogP) is 10.7. The van der Waals surface area contributed by atoms with E-state index in [4.69, 9.17) is 18.9 Å². The molecule has 0 N–H and O–H groups in total. The molecule has 0 aromatic rings. The van der Waals surface area contributed by atoms with Crippen LogP contribution in [0, 0.1) is 0 Å². The molecule has 0 radical (unpaired) electrons. The van der Waals surface area contributed by atoms with Gasteiger partial charge in [0, 0.05) is 12.8 Å². The van der Waals surface area contributed by atoms with E-state index in [-0.39, 0.29) is 32.2 Å². The minimum absolute atomic E-state index is 0.149. The first kappa shape index (κ1) is 53.8. The number of hydrogen-bond donors (Lipinski definition) is 0. The fourth-order valence-electron chi connectivity index (χ4n) is 6.33. The number of allylic oxidation sites excluding steroid dienone is 4. The summed E-state index contributed by atoms with van der Waals surface area (Å²) in [5.41, 5.74) is 0. The molecule has 0 saturated carbocycles. The zero-order chi connectivity index (χ0) is 41.4. The zero-order valence-corrected chi connectivity index (χ0v) is 37.0. The number of carboxylic acids is 1. The minimum atomic E-state index is -1.62. The molecule has 0 fully saturated rings. The second-order valence-corrected chi connectivity index (χ2v) is 16.7. The fraction of sp³-hybridized carbons (Fsp3) is 0.851. The average molecular weight is 794 g/mol. The van der Waals surface area contributed by atoms with Crippen LogP contribution in [0.15, 0.2) is 24.3 Å². The molecule has 56 heavy (non-hydrogen) atoms. The minimum Gasteiger partial charge on any atom is -0.545 e. The number of aliphatic carboxylic acids is 1. The smallest absolute Gasteiger partial charge is 0.306 e. The lowest BCUT2D eigenvalue weighted by atomic mass is 10.0. The maximum atomic E-state index is 12.8. The summed E-state index contributed by atoms with van der Waals surface area (Å²) in [6.45, 7) is 4.72. The van der Waals surface area contributed by atoms with Gasteiger partial charge in [-0.3, -0.25) is 9.59 Å². The van der Waals surface area contributed by atoms with E-state index < -0.39 is 24.3 Å². The Kier molecular flexibility index (Phi) is 38.0. The molecule has 0 amide bonds. The molecular formula is C47H87NO8. The Morgan fingerprint density at radius 1 is 0.536 bits per heavy atom. The van der Waals surface area contributed by atoms with Crippen LogP contribution < -0.4 is 5.11 Å². The zero-order valence-electron chi connectivity index (χ0n) is 37.0. The van der Waals surface area contributed by atoms with Gasteiger partial charge in [0.2, 0.25) is 0 Å². The van der Waals surface area contributed by atoms with Crippen LogP contribution in [0.1, 0.15) is 200 Å². The number of esters is 2. The van der Waals surface area contributed by atoms with Crippen molar-refractivity contribution in [1.82, 2.24) is 0 Å². The van der Waals surface area contributed by atoms with Gasteiger partial charge in [0.05, 0.1) is 40.3 Å². The van der Waals surface area contributed by atoms with Gasteiger partial charge in [0.25, 0.3) is 0 Å². The number of rotatable bonds is 42. The summed E-state index contributed by atoms with van der Waals surface area (Å²) in [5.74, 6) is -2.28. The number of nitrogens with zero attached hydrogens (tertiary/aromatic N) is 1. The number of unbranched alkanes of at least 4 members (excludes halogenated alkanes) is 23. The number of carboxylic acid groups (broad SMARTS) is 1. The van der Waals surface area contributed by atoms with Gasteiger partial charge in [-0.05, 0) is 44.9 Å². The monoisotopic (exact) mass is 794 g/mol. The fourth-order valence-corrected chi connectivity index (χ4v) is 6.33. The van der Waals surface area contributed by atoms with Gasteiger partial charge < -0.3 is 33.3 Å². The third kappa shape index (κ3) is 40.0. The quantitative estimate of drug-likeness (QED) is 0.0197. The molecule has 0 aliphatic rings. The highest BCUT2D eigenvalue weighted by Gasteiger charge is 2.21. The second-order valence-electron chi connectivity index (χ2n) is 16.7. The summed E-state index contributed by atoms with van der Waals surface area (Å²) >= 11 is 0. The Morgan fingerprint density at radius 3 is 1.45 bits per heavy atom. The van der Waals surface area contributed by atoms with Crippen molar-refractivity contribution in [3.63, 3.8) is 0 Å². The topological polar surface area (TPSA) is 111 Å². The first-order chi connectivity index (χ1) is 27.1. The van der Waals surface area contributed by atoms with Crippen molar-refractivity contribution in [2.75, 3.05) is 47.5 Å². The van der Waals surface area contributed by atoms with Gasteiger partial charge in [-0.1, -0.05) is 167 Å². The molecule has 2 unspecified atom stereocenters. The molecule has 0 saturated heterocycles. The molecule has 9 nitrogen and oxygen atoms in total. The highest BCUT2D eigenvalue weighted by Crippen LogP contribution is 2.15. The molecular weight excluding hydrogens is 707 g/mol. The lowest BCUT2D eigenvalue weighted by Gasteiger charge is -2.26. The summed E-state index contributed by atoms with van der Waals surface area (Å²) in [7, 11) is 5.91. The highest BCUT2D eigenvalue weighted by atomic mass is 16.7. The predicted molar refractivity (Wildman–Crippen MR) is 228 cm³/mol. The first-order valence-electron chi connectivity index (χ1n) is 23.0. The van der Waals surface area contributed by atoms with E-state index >= 15 is 0 Å². The maximum absolute atomic E-state index is 12.8. The van der Waals surface area contributed by atoms with Crippen molar-refractivity contribution < 1.29 is 42.9 Å². The third-order valence-corrected chi connectivity index (χ3v) is 9.95. The van der Waals surface area contributed by atoms with E-state index in [1.807, 2.05) is 21.1 Å². The summed E-state index contributed by atoms with van der Waals surface area (Å²) in [6, 6.07) is 0. The van der Waals surface area contributed by atoms with Crippen LogP contribution in [0.5, 0.6) is 0 Å². The van der Waals surface area contributed by atoms with Crippen LogP contribution in [0.25, 0.3) is 0 Å². The molecule has 0 heterocycles. The van der Waals surface area contributed by atoms with Gasteiger partial charge in [-0.2, -0.15) is 0 Å². The van der Waals surface area contributed by atoms with E-state index in [2.05, 4.69) is 38.2 Å². The summed E-state index contributed by atoms with van der Waals surface area (Å²) < 4.78 is 22.5. The molecule has 328 valence electrons. The largest absolute Gasteiger partial charge is 0.545 e. The van der Waals surface area contributed by atoms with Gasteiger partial charge in [0.1, 0.15) is 13.2 Å². The molecule has 2 atom stereocenters. The normalized spacial score (nSPS) is 13.1. The van der Waals surface area contributed by atoms with Crippen molar-refractivity contribution in [3.8, 4) is 0 Å². The maximum Gasteiger partial charge on any atom is 0.306 e. The number of ether oxygens (including phenoxy) is 4. The average Bonchev–Trinajstić information content (AvgIpc) is 3.15. The number of carbonyl (C=O) groups excluding carboxylic acids is 3. The Labute approximate surface area is 344 Å². The van der Waals surface area contributed by atoms with E-state index in [1.165, 1.54) is 116 Å². The lowest BCUT2D eigenvalue weighted by molar-refractivity contribution is -0.870. The van der Waals surface area contributed by atoms with Gasteiger partial charge in [-0.25, -0.2) is 0 Å². The third-order valence-electron chi connectivity index (χ3n) is 9.95. The van der Waals surface area contributed by atoms with Crippen LogP contribution in [-0.4, -0.2) is 82.3 Å². The molecule has 0 aliphatic heterocycles. The molecule has 0 bridgehead atoms. The van der Waals surface area contributed by atoms with Gasteiger partial charge in [-0.15, -0.1) is 0 Å². The number of carbonyl (C=O) groups is 3. The van der Waals surface area contributed by atoms with Crippen molar-refractivity contribution in [1.29, 1.82) is 0 Å². The Bertz CT molecular complexity index is 976. The highest BCUT2D eigenvalue weighted by molar-refractivity contribution is 5.70. The van der Waals surface area contributed by atoms with Crippen LogP contribution in [-0.2, 0) is 33.3 Å². The SMILES string of the molecule is CCCCC/C=C\C/C=C\CCCCCCCCCCCC(=O)OC(COC(=O)CCCCCCCCCCCCCC)COC(OCC[N+](C)(C)C)C(=O)[O-]. The molecule has 0 aromatic carbocycles. The molecule has 0 aromatic heterocycles. The van der Waals surface area contributed by atoms with Crippen molar-refractivity contribution in [3.05, 3.63) is 24.3 Å². The lowest BCUT2D eigenvalue weighted by Crippen LogP contribution is -2.44. The Morgan fingerprint density at radius 2 is 0.964 bits per heavy atom. The summed E-state index contributed by atoms with van der Waals surface area (Å²) in [5, 5.41) is 11.7. The molecule has 0 rings (SSSR count). The van der Waals surface area contributed by atoms with Gasteiger partial charge in [0.15, 0.2) is 12.4 Å². The summed E-state index contributed by atoms with van der Waals surface area (Å²) in [4.78, 5) is 37.0. The van der Waals surface area contributed by atoms with Gasteiger partial charge >= 0.3 is 11.9 Å². The molecule has 0 aliphatic carbocycles. The van der Waals surface area contributed by atoms with Crippen molar-refractivity contribution in [2.45, 2.75) is 212 Å². The second kappa shape index (κ2) is 39.6. The van der Waals surface area contributed by atoms with E-state index in [0.29, 0.717) is 23.9 Å². The van der Waals surface area contributed by atoms with E-state index in [9.17, 15) is 19.5 Å². The van der Waals surface area contributed by atoms with E-state index in [1.54, 1.807) is 0 Å². The standard InChI is InChI=1S/C47H87NO8/c1-6-8-10-12-14-16-18-20-21-22-23-24-25-26-28-30-32-34-36-38-45(50)56-43(42-55-47(46(51)52)53-40-39-48(3,4)5)41-54-44(49)37-35-33-31-29-27-19-17-15-13-11-9-7-2/h14,16,20-21,43,47H,6-13,15,17-19,22-42H2,1-5H3/b16-14-,21-20-. The van der Waals surface area contributed by atoms with Crippen LogP contribution >= 0.6 is 0 Å². The molecule has 0 spiro atoms. The van der Waals surface area contributed by atoms with Crippen molar-refractivity contribution in [2.24, 2.45) is 0 Å². The number of likely N-dealkylation sites (N-methyl/N-ethyl adjacent to an activating group) is 1. The van der Waals surface area contributed by atoms with Crippen molar-refractivity contribution >= 4 is 17.9 Å². The molecule has 9 heteroatoms. The summed E-state index contributed by atoms with van der Waals surface area (Å²) in [6.07, 6.45) is 39.1. The van der Waals surface area contributed by atoms with Crippen LogP contribution in [0.4, 0.5) is 0 Å². The van der Waals surface area contributed by atoms with Crippen LogP contribution in [0.3, 0.4) is 0 Å². The number of quaternary nitrogens is 1. The Balaban J connectivity index is 4.39. The number of hydrogen-bond acceptors (Lipinski definition) is 8.